The molecule has 5 unspecified atom stereocenters. The van der Waals surface area contributed by atoms with Gasteiger partial charge in [-0.25, -0.2) is 4.98 Å². The standard InChI is InChI=1S/C47H77N3O18S2/c1-10-44(6,40(59)60)28-47(9,42(62)67-23-24-69-70-33-13-11-12-16-48-33)29-45(7,38(56)49-25-30(2)52)14-15-46(8,27-43(4,5)39(57)58)41(61)66-22-20-64-18-17-63-19-21-65-37-34(50-31(3)53)36(55)35(54)32(26-51)68-37/h11-13,16,30,32,34-37,51-52,54-55H,10,14-15,17-29H2,1-9H3,(H,49,56)(H,50,53)(H,57,58)(H,59,60)/t30?,32-,34-,35+,36-,37-,44?,45?,46?,47?/m1/s1. The number of esters is 2. The molecular weight excluding hydrogens is 959 g/mol. The van der Waals surface area contributed by atoms with Crippen molar-refractivity contribution in [3.05, 3.63) is 24.4 Å². The van der Waals surface area contributed by atoms with Gasteiger partial charge in [-0.05, 0) is 103 Å². The van der Waals surface area contributed by atoms with Crippen LogP contribution >= 0.6 is 21.6 Å². The van der Waals surface area contributed by atoms with Gasteiger partial charge < -0.3 is 69.7 Å². The van der Waals surface area contributed by atoms with Crippen LogP contribution in [0.2, 0.25) is 0 Å². The highest BCUT2D eigenvalue weighted by Crippen LogP contribution is 2.49. The minimum Gasteiger partial charge on any atom is -0.481 e. The van der Waals surface area contributed by atoms with Gasteiger partial charge in [-0.2, -0.15) is 0 Å². The first kappa shape index (κ1) is 62.5. The van der Waals surface area contributed by atoms with Gasteiger partial charge in [-0.1, -0.05) is 30.7 Å². The number of aromatic nitrogens is 1. The summed E-state index contributed by atoms with van der Waals surface area (Å²) >= 11 is 0. The highest BCUT2D eigenvalue weighted by atomic mass is 33.1. The zero-order chi connectivity index (χ0) is 52.9. The summed E-state index contributed by atoms with van der Waals surface area (Å²) in [6.07, 6.45) is -5.24. The Morgan fingerprint density at radius 2 is 1.37 bits per heavy atom. The van der Waals surface area contributed by atoms with Crippen LogP contribution in [0.15, 0.2) is 29.4 Å². The van der Waals surface area contributed by atoms with Crippen molar-refractivity contribution in [1.29, 1.82) is 0 Å². The number of aliphatic carboxylic acids is 2. The topological polar surface area (TPSA) is 316 Å². The molecule has 0 aliphatic carbocycles. The lowest BCUT2D eigenvalue weighted by Gasteiger charge is -2.42. The Morgan fingerprint density at radius 1 is 0.786 bits per heavy atom. The fourth-order valence-electron chi connectivity index (χ4n) is 8.25. The molecule has 1 fully saturated rings. The molecule has 1 aromatic heterocycles. The van der Waals surface area contributed by atoms with Gasteiger partial charge >= 0.3 is 23.9 Å². The van der Waals surface area contributed by atoms with Gasteiger partial charge in [-0.3, -0.25) is 28.8 Å². The number of carbonyl (C=O) groups excluding carboxylic acids is 4. The van der Waals surface area contributed by atoms with E-state index in [9.17, 15) is 59.4 Å². The predicted octanol–water partition coefficient (Wildman–Crippen LogP) is 2.98. The number of carboxylic acid groups (broad SMARTS) is 2. The van der Waals surface area contributed by atoms with Crippen molar-refractivity contribution in [2.24, 2.45) is 27.1 Å². The molecule has 2 rings (SSSR count). The molecular formula is C47H77N3O18S2. The van der Waals surface area contributed by atoms with E-state index in [1.165, 1.54) is 56.2 Å². The Labute approximate surface area is 418 Å². The third kappa shape index (κ3) is 19.8. The number of ether oxygens (including phenoxy) is 6. The Hall–Kier alpha value is -3.65. The maximum Gasteiger partial charge on any atom is 0.311 e. The molecule has 0 saturated carbocycles. The third-order valence-electron chi connectivity index (χ3n) is 12.4. The summed E-state index contributed by atoms with van der Waals surface area (Å²) in [5.74, 6) is -4.50. The number of carboxylic acids is 2. The number of aliphatic hydroxyl groups excluding tert-OH is 4. The van der Waals surface area contributed by atoms with Crippen LogP contribution in [0.1, 0.15) is 101 Å². The monoisotopic (exact) mass is 1040 g/mol. The van der Waals surface area contributed by atoms with E-state index in [0.29, 0.717) is 5.75 Å². The summed E-state index contributed by atoms with van der Waals surface area (Å²) in [4.78, 5) is 83.6. The first-order valence-electron chi connectivity index (χ1n) is 23.3. The molecule has 1 saturated heterocycles. The van der Waals surface area contributed by atoms with Crippen LogP contribution in [0.5, 0.6) is 0 Å². The molecule has 400 valence electrons. The summed E-state index contributed by atoms with van der Waals surface area (Å²) in [6, 6.07) is 4.37. The van der Waals surface area contributed by atoms with Crippen LogP contribution in [0.3, 0.4) is 0 Å². The molecule has 0 aromatic carbocycles. The summed E-state index contributed by atoms with van der Waals surface area (Å²) < 4.78 is 33.7. The van der Waals surface area contributed by atoms with E-state index in [4.69, 9.17) is 28.4 Å². The van der Waals surface area contributed by atoms with E-state index in [1.54, 1.807) is 40.0 Å². The quantitative estimate of drug-likeness (QED) is 0.0279. The molecule has 0 bridgehead atoms. The molecule has 1 aliphatic heterocycles. The molecule has 0 radical (unpaired) electrons. The first-order valence-corrected chi connectivity index (χ1v) is 25.7. The summed E-state index contributed by atoms with van der Waals surface area (Å²) in [5.41, 5.74) is -7.44. The highest BCUT2D eigenvalue weighted by Gasteiger charge is 2.52. The van der Waals surface area contributed by atoms with Gasteiger partial charge in [0.05, 0.1) is 67.4 Å². The smallest absolute Gasteiger partial charge is 0.311 e. The number of nitrogens with one attached hydrogen (secondary N) is 2. The highest BCUT2D eigenvalue weighted by molar-refractivity contribution is 8.76. The van der Waals surface area contributed by atoms with Crippen molar-refractivity contribution in [1.82, 2.24) is 15.6 Å². The molecule has 2 amide bonds. The van der Waals surface area contributed by atoms with Crippen LogP contribution in [0.25, 0.3) is 0 Å². The van der Waals surface area contributed by atoms with Crippen molar-refractivity contribution in [2.75, 3.05) is 65.2 Å². The van der Waals surface area contributed by atoms with E-state index in [1.807, 2.05) is 12.1 Å². The summed E-state index contributed by atoms with van der Waals surface area (Å²) in [5, 5.41) is 66.7. The van der Waals surface area contributed by atoms with E-state index >= 15 is 0 Å². The number of rotatable bonds is 34. The molecule has 70 heavy (non-hydrogen) atoms. The van der Waals surface area contributed by atoms with Gasteiger partial charge in [0.2, 0.25) is 11.8 Å². The fraction of sp³-hybridized carbons (Fsp3) is 0.766. The molecule has 1 aliphatic rings. The van der Waals surface area contributed by atoms with Gasteiger partial charge in [0.25, 0.3) is 0 Å². The summed E-state index contributed by atoms with van der Waals surface area (Å²) in [6.45, 7) is 12.6. The number of hydrogen-bond acceptors (Lipinski definition) is 19. The zero-order valence-corrected chi connectivity index (χ0v) is 43.6. The lowest BCUT2D eigenvalue weighted by molar-refractivity contribution is -0.272. The lowest BCUT2D eigenvalue weighted by Crippen LogP contribution is -2.64. The van der Waals surface area contributed by atoms with Crippen LogP contribution in [-0.2, 0) is 57.2 Å². The lowest BCUT2D eigenvalue weighted by atomic mass is 9.61. The predicted molar refractivity (Wildman–Crippen MR) is 257 cm³/mol. The van der Waals surface area contributed by atoms with E-state index in [0.717, 1.165) is 5.03 Å². The third-order valence-corrected chi connectivity index (χ3v) is 14.6. The Balaban J connectivity index is 2.20. The molecule has 8 N–H and O–H groups in total. The number of aliphatic hydroxyl groups is 4. The van der Waals surface area contributed by atoms with Gasteiger partial charge in [0.15, 0.2) is 6.29 Å². The molecule has 23 heteroatoms. The number of pyridine rings is 1. The average Bonchev–Trinajstić information content (AvgIpc) is 3.29. The van der Waals surface area contributed by atoms with Crippen molar-refractivity contribution in [3.63, 3.8) is 0 Å². The second-order valence-electron chi connectivity index (χ2n) is 19.6. The van der Waals surface area contributed by atoms with Crippen LogP contribution in [0.4, 0.5) is 0 Å². The minimum atomic E-state index is -1.57. The largest absolute Gasteiger partial charge is 0.481 e. The maximum absolute atomic E-state index is 14.3. The SMILES string of the molecule is CCC(C)(CC(C)(CC(C)(CCC(C)(CC(C)(C)C(=O)O)C(=O)OCCOCCOCCO[C@@H]1O[C@H](CO)[C@H](O)[C@H](O)[C@H]1NC(C)=O)C(=O)NCC(C)O)C(=O)OCCSSc1ccccn1)C(=O)O. The second kappa shape index (κ2) is 29.2. The number of nitrogens with zero attached hydrogens (tertiary/aromatic N) is 1. The molecule has 10 atom stereocenters. The number of hydrogen-bond donors (Lipinski definition) is 8. The maximum atomic E-state index is 14.3. The van der Waals surface area contributed by atoms with Crippen molar-refractivity contribution in [3.8, 4) is 0 Å². The van der Waals surface area contributed by atoms with E-state index in [2.05, 4.69) is 15.6 Å². The first-order chi connectivity index (χ1) is 32.7. The average molecular weight is 1040 g/mol. The van der Waals surface area contributed by atoms with Crippen molar-refractivity contribution < 1.29 is 87.8 Å². The second-order valence-corrected chi connectivity index (χ2v) is 22.0. The summed E-state index contributed by atoms with van der Waals surface area (Å²) in [7, 11) is 2.81. The van der Waals surface area contributed by atoms with Gasteiger partial charge in [0.1, 0.15) is 42.6 Å². The Bertz CT molecular complexity index is 1830. The minimum absolute atomic E-state index is 0.0229. The Morgan fingerprint density at radius 3 is 1.93 bits per heavy atom. The Kier molecular flexibility index (Phi) is 26.0. The normalized spacial score (nSPS) is 22.2. The molecule has 21 nitrogen and oxygen atoms in total. The van der Waals surface area contributed by atoms with Gasteiger partial charge in [-0.15, -0.1) is 0 Å². The van der Waals surface area contributed by atoms with Crippen LogP contribution in [0, 0.1) is 27.1 Å². The van der Waals surface area contributed by atoms with Crippen LogP contribution in [-0.4, -0.2) is 173 Å². The molecule has 2 heterocycles. The fourth-order valence-corrected chi connectivity index (χ4v) is 9.95. The number of amides is 2. The molecule has 1 aromatic rings. The van der Waals surface area contributed by atoms with E-state index in [-0.39, 0.29) is 91.3 Å². The van der Waals surface area contributed by atoms with Crippen LogP contribution < -0.4 is 10.6 Å². The number of carbonyl (C=O) groups is 6. The van der Waals surface area contributed by atoms with Gasteiger partial charge in [0, 0.05) is 30.8 Å². The van der Waals surface area contributed by atoms with Crippen molar-refractivity contribution in [2.45, 2.75) is 143 Å². The van der Waals surface area contributed by atoms with Crippen molar-refractivity contribution >= 4 is 57.3 Å². The zero-order valence-electron chi connectivity index (χ0n) is 41.9. The van der Waals surface area contributed by atoms with E-state index < -0.39 is 106 Å². The molecule has 0 spiro atoms.